The van der Waals surface area contributed by atoms with Gasteiger partial charge in [0.15, 0.2) is 0 Å². The molecule has 1 aromatic carbocycles. The van der Waals surface area contributed by atoms with E-state index in [1.54, 1.807) is 0 Å². The number of anilines is 1. The van der Waals surface area contributed by atoms with E-state index >= 15 is 0 Å². The summed E-state index contributed by atoms with van der Waals surface area (Å²) in [6.07, 6.45) is 10.8. The van der Waals surface area contributed by atoms with E-state index in [9.17, 15) is 0 Å². The molecular formula is C18H30IN. The Hall–Kier alpha value is -0.250. The monoisotopic (exact) mass is 387 g/mol. The first-order chi connectivity index (χ1) is 9.77. The van der Waals surface area contributed by atoms with Crippen molar-refractivity contribution in [2.45, 2.75) is 65.2 Å². The SMILES string of the molecule is CCCCCCN(CCCCCC)c1cccc(I)c1. The highest BCUT2D eigenvalue weighted by Gasteiger charge is 2.06. The molecule has 0 spiro atoms. The fourth-order valence-corrected chi connectivity index (χ4v) is 3.03. The molecule has 0 amide bonds. The molecule has 0 saturated carbocycles. The Balaban J connectivity index is 2.49. The highest BCUT2D eigenvalue weighted by Crippen LogP contribution is 2.19. The molecule has 0 atom stereocenters. The maximum absolute atomic E-state index is 2.59. The summed E-state index contributed by atoms with van der Waals surface area (Å²) in [5.74, 6) is 0. The van der Waals surface area contributed by atoms with Gasteiger partial charge in [-0.25, -0.2) is 0 Å². The molecule has 1 aromatic rings. The van der Waals surface area contributed by atoms with Crippen molar-refractivity contribution in [3.8, 4) is 0 Å². The molecule has 0 aromatic heterocycles. The fourth-order valence-electron chi connectivity index (χ4n) is 2.50. The van der Waals surface area contributed by atoms with Gasteiger partial charge in [0.05, 0.1) is 0 Å². The molecule has 0 N–H and O–H groups in total. The normalized spacial score (nSPS) is 10.8. The number of benzene rings is 1. The molecule has 0 radical (unpaired) electrons. The van der Waals surface area contributed by atoms with Gasteiger partial charge in [-0.1, -0.05) is 58.4 Å². The van der Waals surface area contributed by atoms with E-state index in [2.05, 4.69) is 65.6 Å². The summed E-state index contributed by atoms with van der Waals surface area (Å²) in [5.41, 5.74) is 1.41. The minimum Gasteiger partial charge on any atom is -0.372 e. The average molecular weight is 387 g/mol. The van der Waals surface area contributed by atoms with Gasteiger partial charge in [-0.2, -0.15) is 0 Å². The molecule has 0 aliphatic rings. The van der Waals surface area contributed by atoms with E-state index in [0.29, 0.717) is 0 Å². The summed E-state index contributed by atoms with van der Waals surface area (Å²) in [6, 6.07) is 8.95. The summed E-state index contributed by atoms with van der Waals surface area (Å²) >= 11 is 2.41. The van der Waals surface area contributed by atoms with Crippen LogP contribution in [0.1, 0.15) is 65.2 Å². The zero-order chi connectivity index (χ0) is 14.6. The Labute approximate surface area is 139 Å². The third-order valence-corrected chi connectivity index (χ3v) is 4.41. The molecule has 0 bridgehead atoms. The summed E-state index contributed by atoms with van der Waals surface area (Å²) < 4.78 is 1.34. The van der Waals surface area contributed by atoms with Crippen LogP contribution in [-0.4, -0.2) is 13.1 Å². The van der Waals surface area contributed by atoms with Crippen molar-refractivity contribution in [1.29, 1.82) is 0 Å². The van der Waals surface area contributed by atoms with Crippen molar-refractivity contribution in [3.63, 3.8) is 0 Å². The largest absolute Gasteiger partial charge is 0.372 e. The van der Waals surface area contributed by atoms with Crippen molar-refractivity contribution in [2.75, 3.05) is 18.0 Å². The number of nitrogens with zero attached hydrogens (tertiary/aromatic N) is 1. The molecule has 2 heteroatoms. The molecule has 1 nitrogen and oxygen atoms in total. The Kier molecular flexibility index (Phi) is 10.2. The van der Waals surface area contributed by atoms with E-state index < -0.39 is 0 Å². The minimum absolute atomic E-state index is 1.21. The van der Waals surface area contributed by atoms with Crippen LogP contribution in [0.5, 0.6) is 0 Å². The van der Waals surface area contributed by atoms with Crippen molar-refractivity contribution >= 4 is 28.3 Å². The summed E-state index contributed by atoms with van der Waals surface area (Å²) in [7, 11) is 0. The fraction of sp³-hybridized carbons (Fsp3) is 0.667. The summed E-state index contributed by atoms with van der Waals surface area (Å²) in [4.78, 5) is 2.59. The maximum atomic E-state index is 2.59. The third kappa shape index (κ3) is 7.51. The first kappa shape index (κ1) is 17.8. The van der Waals surface area contributed by atoms with Crippen molar-refractivity contribution in [3.05, 3.63) is 27.8 Å². The minimum atomic E-state index is 1.21. The third-order valence-electron chi connectivity index (χ3n) is 3.74. The predicted molar refractivity (Wildman–Crippen MR) is 99.7 cm³/mol. The van der Waals surface area contributed by atoms with E-state index in [0.717, 1.165) is 0 Å². The lowest BCUT2D eigenvalue weighted by Gasteiger charge is -2.25. The molecular weight excluding hydrogens is 357 g/mol. The number of rotatable bonds is 11. The molecule has 0 unspecified atom stereocenters. The lowest BCUT2D eigenvalue weighted by molar-refractivity contribution is 0.609. The van der Waals surface area contributed by atoms with Gasteiger partial charge < -0.3 is 4.90 Å². The van der Waals surface area contributed by atoms with E-state index in [1.807, 2.05) is 0 Å². The number of unbranched alkanes of at least 4 members (excludes halogenated alkanes) is 6. The molecule has 1 rings (SSSR count). The first-order valence-corrected chi connectivity index (χ1v) is 9.36. The molecule has 0 aliphatic carbocycles. The van der Waals surface area contributed by atoms with Gasteiger partial charge in [0.2, 0.25) is 0 Å². The standard InChI is InChI=1S/C18H30IN/c1-3-5-7-9-14-20(15-10-8-6-4-2)18-13-11-12-17(19)16-18/h11-13,16H,3-10,14-15H2,1-2H3. The topological polar surface area (TPSA) is 3.24 Å². The van der Waals surface area contributed by atoms with Crippen molar-refractivity contribution < 1.29 is 0 Å². The van der Waals surface area contributed by atoms with Gasteiger partial charge in [-0.05, 0) is 53.6 Å². The van der Waals surface area contributed by atoms with Crippen LogP contribution < -0.4 is 4.90 Å². The van der Waals surface area contributed by atoms with Crippen LogP contribution in [-0.2, 0) is 0 Å². The molecule has 0 fully saturated rings. The Bertz CT molecular complexity index is 339. The van der Waals surface area contributed by atoms with Crippen molar-refractivity contribution in [1.82, 2.24) is 0 Å². The smallest absolute Gasteiger partial charge is 0.0376 e. The van der Waals surface area contributed by atoms with Gasteiger partial charge in [-0.3, -0.25) is 0 Å². The molecule has 20 heavy (non-hydrogen) atoms. The van der Waals surface area contributed by atoms with Gasteiger partial charge >= 0.3 is 0 Å². The highest BCUT2D eigenvalue weighted by atomic mass is 127. The first-order valence-electron chi connectivity index (χ1n) is 8.28. The van der Waals surface area contributed by atoms with E-state index in [4.69, 9.17) is 0 Å². The predicted octanol–water partition coefficient (Wildman–Crippen LogP) is 6.26. The Morgan fingerprint density at radius 3 is 1.95 bits per heavy atom. The van der Waals surface area contributed by atoms with Crippen LogP contribution in [0.25, 0.3) is 0 Å². The quantitative estimate of drug-likeness (QED) is 0.320. The number of hydrogen-bond acceptors (Lipinski definition) is 1. The maximum Gasteiger partial charge on any atom is 0.0376 e. The number of halogens is 1. The number of hydrogen-bond donors (Lipinski definition) is 0. The second kappa shape index (κ2) is 11.4. The van der Waals surface area contributed by atoms with Gasteiger partial charge in [0.1, 0.15) is 0 Å². The second-order valence-electron chi connectivity index (χ2n) is 5.59. The van der Waals surface area contributed by atoms with Gasteiger partial charge in [-0.15, -0.1) is 0 Å². The lowest BCUT2D eigenvalue weighted by Crippen LogP contribution is -2.25. The lowest BCUT2D eigenvalue weighted by atomic mass is 10.1. The van der Waals surface area contributed by atoms with Crippen LogP contribution in [0.15, 0.2) is 24.3 Å². The summed E-state index contributed by atoms with van der Waals surface area (Å²) in [5, 5.41) is 0. The molecule has 0 aliphatic heterocycles. The van der Waals surface area contributed by atoms with Gasteiger partial charge in [0.25, 0.3) is 0 Å². The second-order valence-corrected chi connectivity index (χ2v) is 6.83. The van der Waals surface area contributed by atoms with E-state index in [1.165, 1.54) is 73.7 Å². The zero-order valence-electron chi connectivity index (χ0n) is 13.2. The average Bonchev–Trinajstić information content (AvgIpc) is 2.45. The van der Waals surface area contributed by atoms with Gasteiger partial charge in [0, 0.05) is 22.3 Å². The Morgan fingerprint density at radius 1 is 0.850 bits per heavy atom. The van der Waals surface area contributed by atoms with Crippen molar-refractivity contribution in [2.24, 2.45) is 0 Å². The Morgan fingerprint density at radius 2 is 1.45 bits per heavy atom. The van der Waals surface area contributed by atoms with Crippen LogP contribution in [0, 0.1) is 3.57 Å². The zero-order valence-corrected chi connectivity index (χ0v) is 15.4. The van der Waals surface area contributed by atoms with Crippen LogP contribution in [0.2, 0.25) is 0 Å². The van der Waals surface area contributed by atoms with Crippen LogP contribution >= 0.6 is 22.6 Å². The van der Waals surface area contributed by atoms with E-state index in [-0.39, 0.29) is 0 Å². The molecule has 0 saturated heterocycles. The van der Waals surface area contributed by atoms with Crippen LogP contribution in [0.3, 0.4) is 0 Å². The van der Waals surface area contributed by atoms with Crippen LogP contribution in [0.4, 0.5) is 5.69 Å². The molecule has 114 valence electrons. The summed E-state index contributed by atoms with van der Waals surface area (Å²) in [6.45, 7) is 6.99. The highest BCUT2D eigenvalue weighted by molar-refractivity contribution is 14.1. The molecule has 0 heterocycles.